The minimum atomic E-state index is -1.14. The van der Waals surface area contributed by atoms with E-state index in [1.807, 2.05) is 0 Å². The Morgan fingerprint density at radius 2 is 2.15 bits per heavy atom. The Bertz CT molecular complexity index is 554. The van der Waals surface area contributed by atoms with E-state index in [-0.39, 0.29) is 13.0 Å². The number of rotatable bonds is 2. The number of hydrogen-bond donors (Lipinski definition) is 3. The van der Waals surface area contributed by atoms with Gasteiger partial charge in [-0.05, 0) is 18.2 Å². The maximum atomic E-state index is 12.1. The van der Waals surface area contributed by atoms with Crippen LogP contribution in [0.2, 0.25) is 5.02 Å². The van der Waals surface area contributed by atoms with E-state index in [9.17, 15) is 14.7 Å². The van der Waals surface area contributed by atoms with Gasteiger partial charge in [0.25, 0.3) is 0 Å². The van der Waals surface area contributed by atoms with Crippen molar-refractivity contribution < 1.29 is 19.8 Å². The van der Waals surface area contributed by atoms with Gasteiger partial charge >= 0.3 is 12.0 Å². The van der Waals surface area contributed by atoms with E-state index in [1.54, 1.807) is 18.2 Å². The van der Waals surface area contributed by atoms with Crippen LogP contribution in [0.1, 0.15) is 6.42 Å². The summed E-state index contributed by atoms with van der Waals surface area (Å²) in [6, 6.07) is 3.30. The van der Waals surface area contributed by atoms with E-state index < -0.39 is 24.1 Å². The normalized spacial score (nSPS) is 21.9. The van der Waals surface area contributed by atoms with Gasteiger partial charge < -0.3 is 20.4 Å². The number of aliphatic hydroxyl groups is 1. The number of aliphatic carboxylic acids is 1. The molecule has 0 bridgehead atoms. The van der Waals surface area contributed by atoms with Gasteiger partial charge in [0.1, 0.15) is 6.04 Å². The predicted molar refractivity (Wildman–Crippen MR) is 76.9 cm³/mol. The molecule has 2 atom stereocenters. The molecule has 1 heterocycles. The molecule has 1 aliphatic rings. The monoisotopic (exact) mass is 362 g/mol. The van der Waals surface area contributed by atoms with Gasteiger partial charge in [-0.25, -0.2) is 9.59 Å². The number of likely N-dealkylation sites (tertiary alicyclic amines) is 1. The third-order valence-corrected chi connectivity index (χ3v) is 3.80. The molecule has 0 spiro atoms. The topological polar surface area (TPSA) is 89.9 Å². The van der Waals surface area contributed by atoms with Gasteiger partial charge in [0, 0.05) is 17.4 Å². The second-order valence-electron chi connectivity index (χ2n) is 4.45. The summed E-state index contributed by atoms with van der Waals surface area (Å²) < 4.78 is 0.764. The first-order chi connectivity index (χ1) is 9.38. The van der Waals surface area contributed by atoms with Gasteiger partial charge in [-0.3, -0.25) is 0 Å². The first kappa shape index (κ1) is 15.1. The molecule has 0 radical (unpaired) electrons. The van der Waals surface area contributed by atoms with Crippen LogP contribution >= 0.6 is 27.5 Å². The van der Waals surface area contributed by atoms with Crippen LogP contribution in [0.3, 0.4) is 0 Å². The minimum absolute atomic E-state index is 0.0169. The van der Waals surface area contributed by atoms with Crippen molar-refractivity contribution in [1.82, 2.24) is 4.90 Å². The van der Waals surface area contributed by atoms with Crippen molar-refractivity contribution in [2.24, 2.45) is 0 Å². The molecule has 20 heavy (non-hydrogen) atoms. The fourth-order valence-electron chi connectivity index (χ4n) is 2.05. The van der Waals surface area contributed by atoms with Gasteiger partial charge in [0.15, 0.2) is 0 Å². The van der Waals surface area contributed by atoms with Gasteiger partial charge in [0.2, 0.25) is 0 Å². The van der Waals surface area contributed by atoms with E-state index in [0.29, 0.717) is 10.7 Å². The number of aliphatic hydroxyl groups excluding tert-OH is 1. The van der Waals surface area contributed by atoms with E-state index in [2.05, 4.69) is 21.2 Å². The lowest BCUT2D eigenvalue weighted by atomic mass is 10.2. The van der Waals surface area contributed by atoms with Crippen molar-refractivity contribution in [3.05, 3.63) is 27.7 Å². The number of nitrogens with zero attached hydrogens (tertiary/aromatic N) is 1. The van der Waals surface area contributed by atoms with E-state index >= 15 is 0 Å². The summed E-state index contributed by atoms with van der Waals surface area (Å²) >= 11 is 9.23. The zero-order valence-corrected chi connectivity index (χ0v) is 12.6. The molecule has 8 heteroatoms. The quantitative estimate of drug-likeness (QED) is 0.751. The maximum Gasteiger partial charge on any atom is 0.326 e. The average Bonchev–Trinajstić information content (AvgIpc) is 2.75. The molecule has 0 unspecified atom stereocenters. The molecule has 0 aromatic heterocycles. The fraction of sp³-hybridized carbons (Fsp3) is 0.333. The van der Waals surface area contributed by atoms with Crippen molar-refractivity contribution in [3.63, 3.8) is 0 Å². The molecule has 6 nitrogen and oxygen atoms in total. The number of anilines is 1. The van der Waals surface area contributed by atoms with Crippen LogP contribution in [0.15, 0.2) is 22.7 Å². The minimum Gasteiger partial charge on any atom is -0.480 e. The van der Waals surface area contributed by atoms with Crippen LogP contribution in [-0.2, 0) is 4.79 Å². The lowest BCUT2D eigenvalue weighted by Gasteiger charge is -2.21. The summed E-state index contributed by atoms with van der Waals surface area (Å²) in [4.78, 5) is 24.2. The molecule has 0 saturated carbocycles. The number of carboxylic acid groups (broad SMARTS) is 1. The van der Waals surface area contributed by atoms with Crippen LogP contribution in [0.4, 0.5) is 10.5 Å². The molecule has 1 aliphatic heterocycles. The number of carbonyl (C=O) groups excluding carboxylic acids is 1. The zero-order chi connectivity index (χ0) is 14.9. The molecular formula is C12H12BrClN2O4. The summed E-state index contributed by atoms with van der Waals surface area (Å²) in [5, 5.41) is 21.4. The fourth-order valence-corrected chi connectivity index (χ4v) is 2.77. The van der Waals surface area contributed by atoms with Crippen molar-refractivity contribution in [2.75, 3.05) is 11.9 Å². The van der Waals surface area contributed by atoms with Crippen LogP contribution in [0.25, 0.3) is 0 Å². The highest BCUT2D eigenvalue weighted by molar-refractivity contribution is 9.10. The van der Waals surface area contributed by atoms with Gasteiger partial charge in [-0.15, -0.1) is 0 Å². The number of urea groups is 1. The number of hydrogen-bond acceptors (Lipinski definition) is 3. The van der Waals surface area contributed by atoms with Gasteiger partial charge in [-0.2, -0.15) is 0 Å². The zero-order valence-electron chi connectivity index (χ0n) is 10.2. The highest BCUT2D eigenvalue weighted by atomic mass is 79.9. The molecule has 2 amide bonds. The Kier molecular flexibility index (Phi) is 4.52. The lowest BCUT2D eigenvalue weighted by Crippen LogP contribution is -2.43. The van der Waals surface area contributed by atoms with Gasteiger partial charge in [-0.1, -0.05) is 27.5 Å². The lowest BCUT2D eigenvalue weighted by molar-refractivity contribution is -0.141. The summed E-state index contributed by atoms with van der Waals surface area (Å²) in [6.45, 7) is -0.0169. The third-order valence-electron chi connectivity index (χ3n) is 3.00. The Morgan fingerprint density at radius 1 is 1.45 bits per heavy atom. The molecule has 2 rings (SSSR count). The Hall–Kier alpha value is -1.31. The number of nitrogens with one attached hydrogen (secondary N) is 1. The van der Waals surface area contributed by atoms with Crippen LogP contribution in [0, 0.1) is 0 Å². The molecule has 1 fully saturated rings. The number of carbonyl (C=O) groups is 2. The Labute approximate surface area is 128 Å². The molecule has 1 aromatic rings. The van der Waals surface area contributed by atoms with E-state index in [4.69, 9.17) is 16.7 Å². The molecule has 1 aromatic carbocycles. The second kappa shape index (κ2) is 5.99. The number of β-amino-alcohol motifs (C(OH)–C–C–N with tert-alkyl or cyclic N) is 1. The molecule has 1 saturated heterocycles. The number of halogens is 2. The first-order valence-electron chi connectivity index (χ1n) is 5.82. The SMILES string of the molecule is O=C(O)[C@@H]1C[C@@H](O)CN1C(=O)Nc1ccc(Br)cc1Cl. The molecule has 3 N–H and O–H groups in total. The molecule has 0 aliphatic carbocycles. The summed E-state index contributed by atoms with van der Waals surface area (Å²) in [5.41, 5.74) is 0.380. The molecule has 108 valence electrons. The Balaban J connectivity index is 2.13. The van der Waals surface area contributed by atoms with Crippen molar-refractivity contribution in [3.8, 4) is 0 Å². The smallest absolute Gasteiger partial charge is 0.326 e. The van der Waals surface area contributed by atoms with Gasteiger partial charge in [0.05, 0.1) is 16.8 Å². The molecular weight excluding hydrogens is 351 g/mol. The van der Waals surface area contributed by atoms with E-state index in [0.717, 1.165) is 9.37 Å². The average molecular weight is 364 g/mol. The second-order valence-corrected chi connectivity index (χ2v) is 5.77. The maximum absolute atomic E-state index is 12.1. The highest BCUT2D eigenvalue weighted by Gasteiger charge is 2.39. The largest absolute Gasteiger partial charge is 0.480 e. The van der Waals surface area contributed by atoms with Crippen LogP contribution in [0.5, 0.6) is 0 Å². The first-order valence-corrected chi connectivity index (χ1v) is 6.99. The summed E-state index contributed by atoms with van der Waals surface area (Å²) in [7, 11) is 0. The number of carboxylic acids is 1. The van der Waals surface area contributed by atoms with Crippen LogP contribution in [-0.4, -0.2) is 45.8 Å². The third kappa shape index (κ3) is 3.23. The number of amides is 2. The summed E-state index contributed by atoms with van der Waals surface area (Å²) in [5.74, 6) is -1.14. The predicted octanol–water partition coefficient (Wildman–Crippen LogP) is 2.15. The van der Waals surface area contributed by atoms with Crippen molar-refractivity contribution in [1.29, 1.82) is 0 Å². The summed E-state index contributed by atoms with van der Waals surface area (Å²) in [6.07, 6.45) is -0.807. The standard InChI is InChI=1S/C12H12BrClN2O4/c13-6-1-2-9(8(14)3-6)15-12(20)16-5-7(17)4-10(16)11(18)19/h1-3,7,10,17H,4-5H2,(H,15,20)(H,18,19)/t7-,10+/m1/s1. The van der Waals surface area contributed by atoms with E-state index in [1.165, 1.54) is 0 Å². The highest BCUT2D eigenvalue weighted by Crippen LogP contribution is 2.27. The van der Waals surface area contributed by atoms with Crippen LogP contribution < -0.4 is 5.32 Å². The van der Waals surface area contributed by atoms with Crippen molar-refractivity contribution >= 4 is 45.2 Å². The van der Waals surface area contributed by atoms with Crippen molar-refractivity contribution in [2.45, 2.75) is 18.6 Å². The number of benzene rings is 1. The Morgan fingerprint density at radius 3 is 2.75 bits per heavy atom.